The summed E-state index contributed by atoms with van der Waals surface area (Å²) < 4.78 is 45.1. The van der Waals surface area contributed by atoms with Crippen LogP contribution in [0.5, 0.6) is 5.88 Å². The standard InChI is InChI=1S/C23H23F3N6OS/c1-4-14(2)33-19-11-29-20-18(32-19)7-8-28-21(20)31-16-5-6-17(26)15(9-16)10-23(3,12-24)34-22(27)30-13-25/h1,5-9,11,14H,10,12-13H2,2-3H3,(H2,27,30)(H,28,31)/t14-,23+/m0/s1. The number of anilines is 2. The number of hydrogen-bond donors (Lipinski definition) is 2. The van der Waals surface area contributed by atoms with Gasteiger partial charge in [-0.25, -0.2) is 33.1 Å². The van der Waals surface area contributed by atoms with Gasteiger partial charge in [0.1, 0.15) is 18.0 Å². The minimum absolute atomic E-state index is 0.00510. The van der Waals surface area contributed by atoms with Gasteiger partial charge in [-0.15, -0.1) is 6.42 Å². The number of amidine groups is 1. The molecule has 0 amide bonds. The summed E-state index contributed by atoms with van der Waals surface area (Å²) in [5, 5.41) is 3.00. The summed E-state index contributed by atoms with van der Waals surface area (Å²) >= 11 is 0.865. The van der Waals surface area contributed by atoms with Crippen molar-refractivity contribution in [1.82, 2.24) is 15.0 Å². The first kappa shape index (κ1) is 25.1. The van der Waals surface area contributed by atoms with E-state index < -0.39 is 30.1 Å². The van der Waals surface area contributed by atoms with Gasteiger partial charge < -0.3 is 15.8 Å². The van der Waals surface area contributed by atoms with Crippen molar-refractivity contribution in [2.75, 3.05) is 18.8 Å². The highest BCUT2D eigenvalue weighted by Crippen LogP contribution is 2.32. The van der Waals surface area contributed by atoms with Crippen LogP contribution in [-0.4, -0.2) is 44.4 Å². The maximum Gasteiger partial charge on any atom is 0.234 e. The second kappa shape index (κ2) is 11.1. The molecular weight excluding hydrogens is 465 g/mol. The van der Waals surface area contributed by atoms with Crippen molar-refractivity contribution < 1.29 is 17.9 Å². The Bertz CT molecular complexity index is 1240. The van der Waals surface area contributed by atoms with Crippen molar-refractivity contribution in [3.05, 3.63) is 48.0 Å². The number of fused-ring (bicyclic) bond motifs is 1. The van der Waals surface area contributed by atoms with Crippen molar-refractivity contribution in [2.24, 2.45) is 10.7 Å². The molecule has 0 saturated heterocycles. The number of nitrogens with two attached hydrogens (primary N) is 1. The molecule has 0 spiro atoms. The van der Waals surface area contributed by atoms with E-state index in [1.54, 1.807) is 32.2 Å². The van der Waals surface area contributed by atoms with Gasteiger partial charge in [-0.1, -0.05) is 17.7 Å². The number of ether oxygens (including phenoxy) is 1. The Balaban J connectivity index is 1.86. The van der Waals surface area contributed by atoms with Crippen molar-refractivity contribution in [1.29, 1.82) is 0 Å². The zero-order valence-electron chi connectivity index (χ0n) is 18.6. The predicted octanol–water partition coefficient (Wildman–Crippen LogP) is 4.55. The summed E-state index contributed by atoms with van der Waals surface area (Å²) in [6, 6.07) is 6.01. The van der Waals surface area contributed by atoms with E-state index in [1.165, 1.54) is 18.3 Å². The third-order valence-corrected chi connectivity index (χ3v) is 5.78. The first-order valence-electron chi connectivity index (χ1n) is 10.2. The lowest BCUT2D eigenvalue weighted by molar-refractivity contribution is 0.268. The number of terminal acetylenes is 1. The third-order valence-electron chi connectivity index (χ3n) is 4.69. The number of nitrogens with one attached hydrogen (secondary N) is 1. The minimum Gasteiger partial charge on any atom is -0.460 e. The van der Waals surface area contributed by atoms with E-state index in [0.29, 0.717) is 22.5 Å². The highest BCUT2D eigenvalue weighted by molar-refractivity contribution is 8.15. The third kappa shape index (κ3) is 6.29. The van der Waals surface area contributed by atoms with Gasteiger partial charge in [0.15, 0.2) is 23.9 Å². The van der Waals surface area contributed by atoms with Gasteiger partial charge >= 0.3 is 0 Å². The van der Waals surface area contributed by atoms with Crippen LogP contribution in [0.4, 0.5) is 24.7 Å². The lowest BCUT2D eigenvalue weighted by Crippen LogP contribution is -2.30. The molecule has 0 bridgehead atoms. The number of alkyl halides is 2. The highest BCUT2D eigenvalue weighted by Gasteiger charge is 2.29. The number of aliphatic imine (C=N–C) groups is 1. The number of halogens is 3. The number of hydrogen-bond acceptors (Lipinski definition) is 7. The van der Waals surface area contributed by atoms with Crippen LogP contribution >= 0.6 is 11.8 Å². The maximum atomic E-state index is 14.5. The molecule has 34 heavy (non-hydrogen) atoms. The highest BCUT2D eigenvalue weighted by atomic mass is 32.2. The fourth-order valence-electron chi connectivity index (χ4n) is 3.07. The van der Waals surface area contributed by atoms with E-state index in [4.69, 9.17) is 16.9 Å². The fraction of sp³-hybridized carbons (Fsp3) is 0.304. The Morgan fingerprint density at radius 1 is 1.35 bits per heavy atom. The molecule has 0 saturated carbocycles. The molecule has 178 valence electrons. The van der Waals surface area contributed by atoms with Crippen LogP contribution in [0.2, 0.25) is 0 Å². The van der Waals surface area contributed by atoms with Crippen LogP contribution in [0.15, 0.2) is 41.7 Å². The molecule has 2 atom stereocenters. The second-order valence-electron chi connectivity index (χ2n) is 7.57. The van der Waals surface area contributed by atoms with Gasteiger partial charge in [0.25, 0.3) is 0 Å². The van der Waals surface area contributed by atoms with Gasteiger partial charge in [0.2, 0.25) is 5.88 Å². The number of benzene rings is 1. The van der Waals surface area contributed by atoms with E-state index in [9.17, 15) is 13.2 Å². The van der Waals surface area contributed by atoms with Crippen LogP contribution in [0.25, 0.3) is 11.0 Å². The van der Waals surface area contributed by atoms with Crippen molar-refractivity contribution in [3.8, 4) is 18.2 Å². The van der Waals surface area contributed by atoms with E-state index in [-0.39, 0.29) is 23.0 Å². The first-order valence-corrected chi connectivity index (χ1v) is 11.0. The van der Waals surface area contributed by atoms with Crippen molar-refractivity contribution in [3.63, 3.8) is 0 Å². The molecule has 3 aromatic rings. The molecule has 0 aliphatic carbocycles. The zero-order chi connectivity index (χ0) is 24.7. The van der Waals surface area contributed by atoms with Gasteiger partial charge in [0.05, 0.1) is 16.5 Å². The molecule has 0 aliphatic heterocycles. The van der Waals surface area contributed by atoms with E-state index >= 15 is 0 Å². The summed E-state index contributed by atoms with van der Waals surface area (Å²) in [5.74, 6) is 2.61. The van der Waals surface area contributed by atoms with E-state index in [1.807, 2.05) is 0 Å². The Kier molecular flexibility index (Phi) is 8.17. The Hall–Kier alpha value is -3.52. The molecular formula is C23H23F3N6OS. The van der Waals surface area contributed by atoms with Gasteiger partial charge in [-0.2, -0.15) is 0 Å². The molecule has 2 heterocycles. The minimum atomic E-state index is -1.13. The summed E-state index contributed by atoms with van der Waals surface area (Å²) in [4.78, 5) is 16.5. The summed E-state index contributed by atoms with van der Waals surface area (Å²) in [5.41, 5.74) is 7.37. The molecule has 2 aromatic heterocycles. The molecule has 7 nitrogen and oxygen atoms in total. The normalized spacial score (nSPS) is 14.3. The molecule has 11 heteroatoms. The molecule has 1 aromatic carbocycles. The van der Waals surface area contributed by atoms with E-state index in [2.05, 4.69) is 31.2 Å². The summed E-state index contributed by atoms with van der Waals surface area (Å²) in [6.07, 6.45) is 7.84. The molecule has 0 fully saturated rings. The van der Waals surface area contributed by atoms with Crippen molar-refractivity contribution >= 4 is 39.5 Å². The largest absolute Gasteiger partial charge is 0.460 e. The lowest BCUT2D eigenvalue weighted by atomic mass is 10.0. The van der Waals surface area contributed by atoms with Crippen LogP contribution in [-0.2, 0) is 6.42 Å². The lowest BCUT2D eigenvalue weighted by Gasteiger charge is -2.25. The average Bonchev–Trinajstić information content (AvgIpc) is 2.81. The topological polar surface area (TPSA) is 98.3 Å². The van der Waals surface area contributed by atoms with Gasteiger partial charge in [0, 0.05) is 11.9 Å². The Morgan fingerprint density at radius 2 is 2.15 bits per heavy atom. The summed E-state index contributed by atoms with van der Waals surface area (Å²) in [6.45, 7) is 1.46. The van der Waals surface area contributed by atoms with Crippen molar-refractivity contribution in [2.45, 2.75) is 31.1 Å². The maximum absolute atomic E-state index is 14.5. The predicted molar refractivity (Wildman–Crippen MR) is 129 cm³/mol. The second-order valence-corrected chi connectivity index (χ2v) is 9.18. The smallest absolute Gasteiger partial charge is 0.234 e. The molecule has 3 N–H and O–H groups in total. The van der Waals surface area contributed by atoms with Crippen LogP contribution in [0, 0.1) is 18.2 Å². The molecule has 3 rings (SSSR count). The van der Waals surface area contributed by atoms with Gasteiger partial charge in [-0.3, -0.25) is 0 Å². The molecule has 0 radical (unpaired) electrons. The Morgan fingerprint density at radius 3 is 2.85 bits per heavy atom. The number of thioether (sulfide) groups is 1. The Labute approximate surface area is 199 Å². The molecule has 0 aliphatic rings. The first-order chi connectivity index (χ1) is 16.3. The average molecular weight is 489 g/mol. The van der Waals surface area contributed by atoms with Gasteiger partial charge in [-0.05, 0) is 50.1 Å². The molecule has 0 unspecified atom stereocenters. The van der Waals surface area contributed by atoms with Crippen LogP contribution < -0.4 is 15.8 Å². The monoisotopic (exact) mass is 488 g/mol. The quantitative estimate of drug-likeness (QED) is 0.197. The number of aromatic nitrogens is 3. The van der Waals surface area contributed by atoms with Crippen LogP contribution in [0.1, 0.15) is 19.4 Å². The number of nitrogens with zero attached hydrogens (tertiary/aromatic N) is 4. The zero-order valence-corrected chi connectivity index (χ0v) is 19.4. The summed E-state index contributed by atoms with van der Waals surface area (Å²) in [7, 11) is 0. The number of pyridine rings is 1. The fourth-order valence-corrected chi connectivity index (χ4v) is 3.97. The van der Waals surface area contributed by atoms with Crippen LogP contribution in [0.3, 0.4) is 0 Å². The number of rotatable bonds is 9. The van der Waals surface area contributed by atoms with E-state index in [0.717, 1.165) is 11.8 Å². The SMILES string of the molecule is C#C[C@H](C)Oc1cnc2c(Nc3ccc(F)c(C[C@](C)(CF)S/C(N)=N\CF)c3)nccc2n1.